The summed E-state index contributed by atoms with van der Waals surface area (Å²) < 4.78 is 1.80. The number of rotatable bonds is 2. The van der Waals surface area contributed by atoms with Crippen LogP contribution < -0.4 is 4.90 Å². The first-order valence-electron chi connectivity index (χ1n) is 7.72. The molecule has 0 spiro atoms. The largest absolute Gasteiger partial charge is 0.368 e. The van der Waals surface area contributed by atoms with E-state index >= 15 is 0 Å². The van der Waals surface area contributed by atoms with E-state index in [1.54, 1.807) is 10.8 Å². The minimum absolute atomic E-state index is 0.734. The van der Waals surface area contributed by atoms with Gasteiger partial charge in [0.2, 0.25) is 5.65 Å². The fourth-order valence-corrected chi connectivity index (χ4v) is 4.40. The van der Waals surface area contributed by atoms with Crippen LogP contribution in [0.5, 0.6) is 0 Å². The molecule has 2 aliphatic rings. The fraction of sp³-hybridized carbons (Fsp3) is 0.667. The van der Waals surface area contributed by atoms with Crippen molar-refractivity contribution in [1.29, 1.82) is 0 Å². The first-order valence-corrected chi connectivity index (χ1v) is 7.72. The van der Waals surface area contributed by atoms with Gasteiger partial charge in [0.05, 0.1) is 11.4 Å². The van der Waals surface area contributed by atoms with Gasteiger partial charge in [-0.3, -0.25) is 0 Å². The maximum absolute atomic E-state index is 4.44. The van der Waals surface area contributed by atoms with Crippen LogP contribution in [0.3, 0.4) is 0 Å². The lowest BCUT2D eigenvalue weighted by Crippen LogP contribution is -2.50. The quantitative estimate of drug-likeness (QED) is 0.830. The molecule has 1 saturated carbocycles. The lowest BCUT2D eigenvalue weighted by Gasteiger charge is -2.42. The molecule has 2 aromatic rings. The molecule has 0 aromatic carbocycles. The summed E-state index contributed by atoms with van der Waals surface area (Å²) in [5, 5.41) is 12.7. The lowest BCUT2D eigenvalue weighted by molar-refractivity contribution is 0.172. The summed E-state index contributed by atoms with van der Waals surface area (Å²) in [5.41, 5.74) is 3.08. The molecule has 6 nitrogen and oxygen atoms in total. The van der Waals surface area contributed by atoms with E-state index in [9.17, 15) is 0 Å². The smallest absolute Gasteiger partial charge is 0.200 e. The van der Waals surface area contributed by atoms with Crippen LogP contribution in [-0.4, -0.2) is 57.9 Å². The van der Waals surface area contributed by atoms with Crippen LogP contribution >= 0.6 is 0 Å². The zero-order valence-electron chi connectivity index (χ0n) is 12.9. The Balaban J connectivity index is 1.70. The van der Waals surface area contributed by atoms with Gasteiger partial charge in [-0.05, 0) is 51.8 Å². The van der Waals surface area contributed by atoms with E-state index in [1.165, 1.54) is 18.5 Å². The highest BCUT2D eigenvalue weighted by molar-refractivity contribution is 5.68. The summed E-state index contributed by atoms with van der Waals surface area (Å²) in [6.07, 6.45) is 4.38. The lowest BCUT2D eigenvalue weighted by atomic mass is 9.91. The van der Waals surface area contributed by atoms with Crippen molar-refractivity contribution >= 4 is 11.3 Å². The van der Waals surface area contributed by atoms with Gasteiger partial charge in [0.1, 0.15) is 6.33 Å². The molecule has 1 unspecified atom stereocenters. The number of fused-ring (bicyclic) bond motifs is 3. The average molecular weight is 286 g/mol. The molecule has 1 aliphatic heterocycles. The van der Waals surface area contributed by atoms with Crippen LogP contribution in [-0.2, 0) is 0 Å². The van der Waals surface area contributed by atoms with Crippen molar-refractivity contribution in [3.8, 4) is 0 Å². The van der Waals surface area contributed by atoms with Crippen molar-refractivity contribution < 1.29 is 0 Å². The van der Waals surface area contributed by atoms with Crippen molar-refractivity contribution in [3.63, 3.8) is 0 Å². The van der Waals surface area contributed by atoms with Crippen molar-refractivity contribution in [2.24, 2.45) is 11.8 Å². The number of aryl methyl sites for hydroxylation is 1. The molecule has 1 saturated heterocycles. The zero-order chi connectivity index (χ0) is 14.6. The van der Waals surface area contributed by atoms with E-state index in [2.05, 4.69) is 45.3 Å². The van der Waals surface area contributed by atoms with Crippen molar-refractivity contribution in [2.45, 2.75) is 25.8 Å². The Morgan fingerprint density at radius 3 is 2.57 bits per heavy atom. The fourth-order valence-electron chi connectivity index (χ4n) is 4.40. The van der Waals surface area contributed by atoms with Crippen LogP contribution in [0.4, 0.5) is 5.69 Å². The first kappa shape index (κ1) is 13.0. The highest BCUT2D eigenvalue weighted by Gasteiger charge is 2.43. The van der Waals surface area contributed by atoms with Gasteiger partial charge in [0.25, 0.3) is 0 Å². The molecular weight excluding hydrogens is 264 g/mol. The van der Waals surface area contributed by atoms with Gasteiger partial charge >= 0.3 is 0 Å². The Hall–Kier alpha value is -1.69. The number of piperidine rings is 1. The number of nitrogens with zero attached hydrogens (tertiary/aromatic N) is 6. The van der Waals surface area contributed by atoms with Crippen LogP contribution in [0.25, 0.3) is 5.65 Å². The topological polar surface area (TPSA) is 49.6 Å². The maximum atomic E-state index is 4.44. The van der Waals surface area contributed by atoms with E-state index in [-0.39, 0.29) is 0 Å². The second-order valence-electron chi connectivity index (χ2n) is 6.73. The SMILES string of the molecule is Cc1cc(N2C[C@H]3CC[C@@H](C2)C3N(C)C)c2nncn2n1. The number of hydrogen-bond donors (Lipinski definition) is 0. The zero-order valence-corrected chi connectivity index (χ0v) is 12.9. The summed E-state index contributed by atoms with van der Waals surface area (Å²) >= 11 is 0. The summed E-state index contributed by atoms with van der Waals surface area (Å²) in [4.78, 5) is 4.92. The molecule has 0 amide bonds. The molecule has 3 atom stereocenters. The van der Waals surface area contributed by atoms with Gasteiger partial charge < -0.3 is 9.80 Å². The van der Waals surface area contributed by atoms with Crippen molar-refractivity contribution in [2.75, 3.05) is 32.1 Å². The molecule has 2 bridgehead atoms. The number of hydrogen-bond acceptors (Lipinski definition) is 5. The van der Waals surface area contributed by atoms with Gasteiger partial charge in [0.15, 0.2) is 0 Å². The van der Waals surface area contributed by atoms with Crippen LogP contribution in [0.1, 0.15) is 18.5 Å². The Morgan fingerprint density at radius 1 is 1.19 bits per heavy atom. The van der Waals surface area contributed by atoms with Crippen molar-refractivity contribution in [3.05, 3.63) is 18.1 Å². The third kappa shape index (κ3) is 2.00. The van der Waals surface area contributed by atoms with Gasteiger partial charge in [-0.15, -0.1) is 10.2 Å². The predicted octanol–water partition coefficient (Wildman–Crippen LogP) is 1.21. The van der Waals surface area contributed by atoms with Gasteiger partial charge in [-0.2, -0.15) is 9.61 Å². The molecule has 112 valence electrons. The number of anilines is 1. The summed E-state index contributed by atoms with van der Waals surface area (Å²) in [6, 6.07) is 2.89. The maximum Gasteiger partial charge on any atom is 0.200 e. The normalized spacial score (nSPS) is 28.8. The highest BCUT2D eigenvalue weighted by Crippen LogP contribution is 2.41. The van der Waals surface area contributed by atoms with E-state index in [0.717, 1.165) is 42.3 Å². The van der Waals surface area contributed by atoms with Crippen LogP contribution in [0, 0.1) is 18.8 Å². The van der Waals surface area contributed by atoms with Crippen LogP contribution in [0.15, 0.2) is 12.4 Å². The number of aromatic nitrogens is 4. The molecule has 2 fully saturated rings. The molecule has 2 aromatic heterocycles. The standard InChI is InChI=1S/C15H22N6/c1-10-6-13(15-17-16-9-21(15)18-10)20-7-11-4-5-12(8-20)14(11)19(2)3/h6,9,11-12,14H,4-5,7-8H2,1-3H3/t11-,12+,14?. The minimum Gasteiger partial charge on any atom is -0.368 e. The molecule has 21 heavy (non-hydrogen) atoms. The Bertz CT molecular complexity index is 649. The highest BCUT2D eigenvalue weighted by atomic mass is 15.4. The molecule has 0 radical (unpaired) electrons. The van der Waals surface area contributed by atoms with E-state index in [1.807, 2.05) is 6.92 Å². The molecular formula is C15H22N6. The minimum atomic E-state index is 0.734. The average Bonchev–Trinajstić information content (AvgIpc) is 3.00. The van der Waals surface area contributed by atoms with Gasteiger partial charge in [0, 0.05) is 19.1 Å². The molecule has 0 N–H and O–H groups in total. The molecule has 4 rings (SSSR count). The van der Waals surface area contributed by atoms with Crippen molar-refractivity contribution in [1.82, 2.24) is 24.7 Å². The predicted molar refractivity (Wildman–Crippen MR) is 81.4 cm³/mol. The summed E-state index contributed by atoms with van der Waals surface area (Å²) in [5.74, 6) is 1.52. The summed E-state index contributed by atoms with van der Waals surface area (Å²) in [6.45, 7) is 4.26. The first-order chi connectivity index (χ1) is 10.1. The second-order valence-corrected chi connectivity index (χ2v) is 6.73. The van der Waals surface area contributed by atoms with Gasteiger partial charge in [-0.1, -0.05) is 0 Å². The van der Waals surface area contributed by atoms with Crippen LogP contribution in [0.2, 0.25) is 0 Å². The van der Waals surface area contributed by atoms with E-state index in [4.69, 9.17) is 0 Å². The second kappa shape index (κ2) is 4.66. The monoisotopic (exact) mass is 286 g/mol. The molecule has 6 heteroatoms. The summed E-state index contributed by atoms with van der Waals surface area (Å²) in [7, 11) is 4.44. The third-order valence-electron chi connectivity index (χ3n) is 5.09. The van der Waals surface area contributed by atoms with Gasteiger partial charge in [-0.25, -0.2) is 0 Å². The molecule has 1 aliphatic carbocycles. The Kier molecular flexibility index (Phi) is 2.89. The Morgan fingerprint density at radius 2 is 1.90 bits per heavy atom. The van der Waals surface area contributed by atoms with E-state index in [0.29, 0.717) is 0 Å². The molecule has 3 heterocycles. The Labute approximate surface area is 124 Å². The third-order valence-corrected chi connectivity index (χ3v) is 5.09. The van der Waals surface area contributed by atoms with E-state index < -0.39 is 0 Å².